The summed E-state index contributed by atoms with van der Waals surface area (Å²) in [6.45, 7) is 0. The largest absolute Gasteiger partial charge is 0.416 e. The highest BCUT2D eigenvalue weighted by Crippen LogP contribution is 2.31. The highest BCUT2D eigenvalue weighted by atomic mass is 32.1. The standard InChI is InChI=1S/C12H6F4OS/c13-9-4-3-7(12(14,15)16)6-8(9)11(17)10-2-1-5-18-10/h1-6H. The van der Waals surface area contributed by atoms with Gasteiger partial charge in [-0.25, -0.2) is 4.39 Å². The van der Waals surface area contributed by atoms with E-state index in [0.29, 0.717) is 18.2 Å². The minimum absolute atomic E-state index is 0.202. The van der Waals surface area contributed by atoms with Gasteiger partial charge in [-0.2, -0.15) is 13.2 Å². The summed E-state index contributed by atoms with van der Waals surface area (Å²) in [7, 11) is 0. The summed E-state index contributed by atoms with van der Waals surface area (Å²) >= 11 is 1.05. The Morgan fingerprint density at radius 3 is 2.44 bits per heavy atom. The van der Waals surface area contributed by atoms with Crippen molar-refractivity contribution in [3.63, 3.8) is 0 Å². The van der Waals surface area contributed by atoms with Gasteiger partial charge in [-0.1, -0.05) is 6.07 Å². The van der Waals surface area contributed by atoms with E-state index in [9.17, 15) is 22.4 Å². The van der Waals surface area contributed by atoms with Crippen molar-refractivity contribution < 1.29 is 22.4 Å². The van der Waals surface area contributed by atoms with Crippen LogP contribution in [0.15, 0.2) is 35.7 Å². The van der Waals surface area contributed by atoms with Crippen LogP contribution in [0.25, 0.3) is 0 Å². The van der Waals surface area contributed by atoms with Crippen molar-refractivity contribution in [3.05, 3.63) is 57.5 Å². The van der Waals surface area contributed by atoms with E-state index in [0.717, 1.165) is 11.3 Å². The molecule has 0 spiro atoms. The van der Waals surface area contributed by atoms with Gasteiger partial charge in [0.05, 0.1) is 16.0 Å². The van der Waals surface area contributed by atoms with E-state index in [1.807, 2.05) is 0 Å². The Morgan fingerprint density at radius 1 is 1.17 bits per heavy atom. The minimum Gasteiger partial charge on any atom is -0.288 e. The van der Waals surface area contributed by atoms with E-state index in [-0.39, 0.29) is 4.88 Å². The van der Waals surface area contributed by atoms with E-state index in [4.69, 9.17) is 0 Å². The summed E-state index contributed by atoms with van der Waals surface area (Å²) in [5.41, 5.74) is -1.60. The maximum Gasteiger partial charge on any atom is 0.416 e. The van der Waals surface area contributed by atoms with E-state index < -0.39 is 28.9 Å². The van der Waals surface area contributed by atoms with Crippen LogP contribution in [0.1, 0.15) is 20.8 Å². The lowest BCUT2D eigenvalue weighted by Gasteiger charge is -2.08. The first-order chi connectivity index (χ1) is 8.39. The first-order valence-electron chi connectivity index (χ1n) is 4.84. The van der Waals surface area contributed by atoms with Gasteiger partial charge < -0.3 is 0 Å². The number of rotatable bonds is 2. The molecule has 0 saturated carbocycles. The first-order valence-corrected chi connectivity index (χ1v) is 5.72. The predicted octanol–water partition coefficient (Wildman–Crippen LogP) is 4.14. The van der Waals surface area contributed by atoms with Gasteiger partial charge in [-0.15, -0.1) is 11.3 Å². The number of benzene rings is 1. The fraction of sp³-hybridized carbons (Fsp3) is 0.0833. The molecule has 0 aliphatic rings. The van der Waals surface area contributed by atoms with Gasteiger partial charge in [-0.05, 0) is 29.6 Å². The van der Waals surface area contributed by atoms with Crippen LogP contribution in [0.5, 0.6) is 0 Å². The molecule has 0 bridgehead atoms. The Labute approximate surface area is 104 Å². The molecular weight excluding hydrogens is 268 g/mol. The molecule has 2 rings (SSSR count). The lowest BCUT2D eigenvalue weighted by Crippen LogP contribution is -2.09. The van der Waals surface area contributed by atoms with Gasteiger partial charge in [0.2, 0.25) is 5.78 Å². The Kier molecular flexibility index (Phi) is 3.21. The summed E-state index contributed by atoms with van der Waals surface area (Å²) in [6, 6.07) is 4.82. The SMILES string of the molecule is O=C(c1cccs1)c1cc(C(F)(F)F)ccc1F. The summed E-state index contributed by atoms with van der Waals surface area (Å²) in [5.74, 6) is -1.70. The lowest BCUT2D eigenvalue weighted by molar-refractivity contribution is -0.137. The number of alkyl halides is 3. The number of halogens is 4. The highest BCUT2D eigenvalue weighted by Gasteiger charge is 2.32. The molecule has 0 unspecified atom stereocenters. The van der Waals surface area contributed by atoms with Crippen LogP contribution in [0, 0.1) is 5.82 Å². The number of hydrogen-bond acceptors (Lipinski definition) is 2. The molecule has 94 valence electrons. The average Bonchev–Trinajstić information content (AvgIpc) is 2.80. The quantitative estimate of drug-likeness (QED) is 0.594. The van der Waals surface area contributed by atoms with Crippen molar-refractivity contribution in [2.45, 2.75) is 6.18 Å². The first kappa shape index (κ1) is 12.8. The molecule has 2 aromatic rings. The van der Waals surface area contributed by atoms with Crippen molar-refractivity contribution in [1.82, 2.24) is 0 Å². The monoisotopic (exact) mass is 274 g/mol. The molecule has 1 aromatic carbocycles. The number of carbonyl (C=O) groups is 1. The zero-order chi connectivity index (χ0) is 13.3. The summed E-state index contributed by atoms with van der Waals surface area (Å²) in [6.07, 6.45) is -4.60. The molecule has 0 saturated heterocycles. The van der Waals surface area contributed by atoms with Gasteiger partial charge >= 0.3 is 6.18 Å². The lowest BCUT2D eigenvalue weighted by atomic mass is 10.1. The molecule has 1 nitrogen and oxygen atoms in total. The van der Waals surface area contributed by atoms with E-state index in [1.54, 1.807) is 11.4 Å². The molecule has 18 heavy (non-hydrogen) atoms. The second-order valence-electron chi connectivity index (χ2n) is 3.50. The molecule has 1 heterocycles. The van der Waals surface area contributed by atoms with Gasteiger partial charge in [0.25, 0.3) is 0 Å². The molecule has 0 fully saturated rings. The molecule has 0 aliphatic carbocycles. The zero-order valence-corrected chi connectivity index (χ0v) is 9.61. The summed E-state index contributed by atoms with van der Waals surface area (Å²) in [4.78, 5) is 12.0. The van der Waals surface area contributed by atoms with Crippen LogP contribution >= 0.6 is 11.3 Å². The van der Waals surface area contributed by atoms with Crippen LogP contribution in [-0.4, -0.2) is 5.78 Å². The molecule has 0 N–H and O–H groups in total. The predicted molar refractivity (Wildman–Crippen MR) is 59.2 cm³/mol. The third-order valence-electron chi connectivity index (χ3n) is 2.28. The van der Waals surface area contributed by atoms with Crippen molar-refractivity contribution >= 4 is 17.1 Å². The number of thiophene rings is 1. The summed E-state index contributed by atoms with van der Waals surface area (Å²) < 4.78 is 50.8. The fourth-order valence-electron chi connectivity index (χ4n) is 1.42. The topological polar surface area (TPSA) is 17.1 Å². The van der Waals surface area contributed by atoms with Crippen molar-refractivity contribution in [1.29, 1.82) is 0 Å². The zero-order valence-electron chi connectivity index (χ0n) is 8.79. The van der Waals surface area contributed by atoms with Crippen LogP contribution in [0.4, 0.5) is 17.6 Å². The molecule has 0 amide bonds. The maximum atomic E-state index is 13.4. The second kappa shape index (κ2) is 4.53. The number of hydrogen-bond donors (Lipinski definition) is 0. The van der Waals surface area contributed by atoms with E-state index in [2.05, 4.69) is 0 Å². The van der Waals surface area contributed by atoms with Crippen LogP contribution in [-0.2, 0) is 6.18 Å². The van der Waals surface area contributed by atoms with Crippen molar-refractivity contribution in [2.24, 2.45) is 0 Å². The molecule has 1 aromatic heterocycles. The fourth-order valence-corrected chi connectivity index (χ4v) is 2.09. The van der Waals surface area contributed by atoms with Gasteiger partial charge in [0.15, 0.2) is 0 Å². The Bertz CT molecular complexity index is 572. The number of ketones is 1. The molecule has 0 radical (unpaired) electrons. The van der Waals surface area contributed by atoms with Crippen LogP contribution < -0.4 is 0 Å². The average molecular weight is 274 g/mol. The van der Waals surface area contributed by atoms with Crippen LogP contribution in [0.2, 0.25) is 0 Å². The number of carbonyl (C=O) groups excluding carboxylic acids is 1. The highest BCUT2D eigenvalue weighted by molar-refractivity contribution is 7.12. The smallest absolute Gasteiger partial charge is 0.288 e. The molecule has 0 atom stereocenters. The van der Waals surface area contributed by atoms with Gasteiger partial charge in [0, 0.05) is 0 Å². The van der Waals surface area contributed by atoms with E-state index >= 15 is 0 Å². The van der Waals surface area contributed by atoms with Crippen LogP contribution in [0.3, 0.4) is 0 Å². The van der Waals surface area contributed by atoms with Gasteiger partial charge in [-0.3, -0.25) is 4.79 Å². The minimum atomic E-state index is -4.60. The van der Waals surface area contributed by atoms with Crippen molar-refractivity contribution in [3.8, 4) is 0 Å². The Hall–Kier alpha value is -1.69. The third-order valence-corrected chi connectivity index (χ3v) is 3.15. The molecular formula is C12H6F4OS. The Morgan fingerprint density at radius 2 is 1.89 bits per heavy atom. The van der Waals surface area contributed by atoms with Gasteiger partial charge in [0.1, 0.15) is 5.82 Å². The van der Waals surface area contributed by atoms with E-state index in [1.165, 1.54) is 6.07 Å². The maximum absolute atomic E-state index is 13.4. The Balaban J connectivity index is 2.48. The molecule has 6 heteroatoms. The van der Waals surface area contributed by atoms with Crippen molar-refractivity contribution in [2.75, 3.05) is 0 Å². The molecule has 0 aliphatic heterocycles. The second-order valence-corrected chi connectivity index (χ2v) is 4.45. The summed E-state index contributed by atoms with van der Waals surface area (Å²) in [5, 5.41) is 1.60. The third kappa shape index (κ3) is 2.43. The normalized spacial score (nSPS) is 11.6.